The second kappa shape index (κ2) is 14.6. The van der Waals surface area contributed by atoms with Crippen LogP contribution in [0.15, 0.2) is 48.5 Å². The van der Waals surface area contributed by atoms with Crippen LogP contribution in [0.1, 0.15) is 70.3 Å². The van der Waals surface area contributed by atoms with E-state index in [-0.39, 0.29) is 30.1 Å². The van der Waals surface area contributed by atoms with Crippen LogP contribution in [0.4, 0.5) is 0 Å². The molecular weight excluding hydrogens is 554 g/mol. The van der Waals surface area contributed by atoms with E-state index in [4.69, 9.17) is 9.47 Å². The zero-order chi connectivity index (χ0) is 28.8. The number of benzene rings is 2. The van der Waals surface area contributed by atoms with Crippen molar-refractivity contribution in [2.24, 2.45) is 5.92 Å². The van der Waals surface area contributed by atoms with E-state index in [0.29, 0.717) is 19.4 Å². The molecule has 1 spiro atoms. The molecule has 1 saturated carbocycles. The van der Waals surface area contributed by atoms with Gasteiger partial charge in [0, 0.05) is 26.2 Å². The van der Waals surface area contributed by atoms with Gasteiger partial charge in [-0.3, -0.25) is 14.5 Å². The number of carbonyl (C=O) groups is 2. The molecule has 2 heterocycles. The van der Waals surface area contributed by atoms with Crippen LogP contribution in [-0.2, 0) is 16.1 Å². The number of halogens is 1. The van der Waals surface area contributed by atoms with Gasteiger partial charge in [-0.15, -0.1) is 12.4 Å². The van der Waals surface area contributed by atoms with Crippen molar-refractivity contribution in [1.29, 1.82) is 0 Å². The average molecular weight is 600 g/mol. The molecule has 2 saturated heterocycles. The Kier molecular flexibility index (Phi) is 11.1. The second-order valence-electron chi connectivity index (χ2n) is 11.9. The standard InChI is InChI=1S/C33H45N3O5.ClH/c1-3-4-20-36-31(38)29(30(37)25-8-6-5-7-9-25)34-32(39)33(36)18-21-35(22-19-33)23-24-10-12-27(13-11-24)41-28-16-14-26(40-2)15-17-28;/h10-17,25,29-30,37H,3-9,18-23H2,1-2H3,(H,34,39);1H/t29-,30-;/m1./s1. The van der Waals surface area contributed by atoms with Crippen LogP contribution in [0.5, 0.6) is 17.2 Å². The lowest BCUT2D eigenvalue weighted by atomic mass is 9.78. The van der Waals surface area contributed by atoms with Gasteiger partial charge in [-0.05, 0) is 80.0 Å². The third-order valence-electron chi connectivity index (χ3n) is 9.28. The Hall–Kier alpha value is -2.81. The number of piperazine rings is 1. The van der Waals surface area contributed by atoms with Crippen molar-refractivity contribution in [1.82, 2.24) is 15.1 Å². The van der Waals surface area contributed by atoms with Crippen LogP contribution in [0.3, 0.4) is 0 Å². The molecule has 0 bridgehead atoms. The highest BCUT2D eigenvalue weighted by Crippen LogP contribution is 2.36. The van der Waals surface area contributed by atoms with Crippen LogP contribution < -0.4 is 14.8 Å². The summed E-state index contributed by atoms with van der Waals surface area (Å²) in [6.07, 6.45) is 7.35. The topological polar surface area (TPSA) is 91.3 Å². The summed E-state index contributed by atoms with van der Waals surface area (Å²) in [4.78, 5) is 31.7. The van der Waals surface area contributed by atoms with Gasteiger partial charge in [0.1, 0.15) is 28.8 Å². The normalized spacial score (nSPS) is 21.9. The van der Waals surface area contributed by atoms with E-state index in [1.807, 2.05) is 41.3 Å². The first-order valence-electron chi connectivity index (χ1n) is 15.4. The molecule has 9 heteroatoms. The Balaban J connectivity index is 0.00000405. The number of likely N-dealkylation sites (tertiary alicyclic amines) is 1. The Morgan fingerprint density at radius 2 is 1.55 bits per heavy atom. The lowest BCUT2D eigenvalue weighted by Crippen LogP contribution is -2.75. The lowest BCUT2D eigenvalue weighted by Gasteiger charge is -2.52. The number of amides is 2. The summed E-state index contributed by atoms with van der Waals surface area (Å²) < 4.78 is 11.2. The predicted octanol–water partition coefficient (Wildman–Crippen LogP) is 5.31. The highest BCUT2D eigenvalue weighted by molar-refractivity contribution is 6.00. The summed E-state index contributed by atoms with van der Waals surface area (Å²) in [5, 5.41) is 14.2. The molecule has 2 amide bonds. The maximum atomic E-state index is 13.8. The van der Waals surface area contributed by atoms with Crippen molar-refractivity contribution < 1.29 is 24.2 Å². The van der Waals surface area contributed by atoms with Crippen molar-refractivity contribution >= 4 is 24.2 Å². The van der Waals surface area contributed by atoms with E-state index in [0.717, 1.165) is 75.4 Å². The van der Waals surface area contributed by atoms with Crippen molar-refractivity contribution in [3.05, 3.63) is 54.1 Å². The highest BCUT2D eigenvalue weighted by Gasteiger charge is 2.55. The Bertz CT molecular complexity index is 1160. The first kappa shape index (κ1) is 32.1. The van der Waals surface area contributed by atoms with Crippen molar-refractivity contribution in [3.63, 3.8) is 0 Å². The van der Waals surface area contributed by atoms with Crippen molar-refractivity contribution in [2.75, 3.05) is 26.7 Å². The molecule has 0 aromatic heterocycles. The van der Waals surface area contributed by atoms with Gasteiger partial charge in [-0.25, -0.2) is 0 Å². The van der Waals surface area contributed by atoms with E-state index < -0.39 is 17.7 Å². The number of hydrogen-bond acceptors (Lipinski definition) is 6. The molecule has 42 heavy (non-hydrogen) atoms. The fourth-order valence-electron chi connectivity index (χ4n) is 6.74. The van der Waals surface area contributed by atoms with Gasteiger partial charge in [0.2, 0.25) is 11.8 Å². The first-order chi connectivity index (χ1) is 19.9. The highest BCUT2D eigenvalue weighted by atomic mass is 35.5. The molecule has 2 aliphatic heterocycles. The van der Waals surface area contributed by atoms with Gasteiger partial charge in [-0.1, -0.05) is 44.7 Å². The number of piperidine rings is 1. The molecule has 0 unspecified atom stereocenters. The van der Waals surface area contributed by atoms with Crippen LogP contribution in [0.25, 0.3) is 0 Å². The predicted molar refractivity (Wildman–Crippen MR) is 165 cm³/mol. The van der Waals surface area contributed by atoms with Crippen molar-refractivity contribution in [2.45, 2.75) is 88.9 Å². The van der Waals surface area contributed by atoms with Gasteiger partial charge >= 0.3 is 0 Å². The zero-order valence-electron chi connectivity index (χ0n) is 24.9. The largest absolute Gasteiger partial charge is 0.497 e. The van der Waals surface area contributed by atoms with Gasteiger partial charge in [0.05, 0.1) is 13.2 Å². The number of nitrogens with zero attached hydrogens (tertiary/aromatic N) is 2. The minimum Gasteiger partial charge on any atom is -0.497 e. The number of carbonyl (C=O) groups excluding carboxylic acids is 2. The molecular formula is C33H46ClN3O5. The van der Waals surface area contributed by atoms with E-state index in [2.05, 4.69) is 29.3 Å². The van der Waals surface area contributed by atoms with Crippen LogP contribution in [-0.4, -0.2) is 71.1 Å². The monoisotopic (exact) mass is 599 g/mol. The molecule has 1 aliphatic carbocycles. The molecule has 2 aromatic carbocycles. The minimum atomic E-state index is -0.832. The number of methoxy groups -OCH3 is 1. The van der Waals surface area contributed by atoms with Crippen LogP contribution in [0.2, 0.25) is 0 Å². The maximum absolute atomic E-state index is 13.8. The summed E-state index contributed by atoms with van der Waals surface area (Å²) in [6.45, 7) is 4.89. The number of aliphatic hydroxyl groups excluding tert-OH is 1. The Morgan fingerprint density at radius 3 is 2.14 bits per heavy atom. The fourth-order valence-corrected chi connectivity index (χ4v) is 6.74. The van der Waals surface area contributed by atoms with Gasteiger partial charge in [0.15, 0.2) is 0 Å². The minimum absolute atomic E-state index is 0. The zero-order valence-corrected chi connectivity index (χ0v) is 25.7. The number of ether oxygens (including phenoxy) is 2. The molecule has 3 fully saturated rings. The Morgan fingerprint density at radius 1 is 0.952 bits per heavy atom. The van der Waals surface area contributed by atoms with Gasteiger partial charge < -0.3 is 24.8 Å². The van der Waals surface area contributed by atoms with Gasteiger partial charge in [-0.2, -0.15) is 0 Å². The van der Waals surface area contributed by atoms with Crippen LogP contribution >= 0.6 is 12.4 Å². The number of rotatable bonds is 10. The summed E-state index contributed by atoms with van der Waals surface area (Å²) >= 11 is 0. The molecule has 2 aromatic rings. The molecule has 0 radical (unpaired) electrons. The molecule has 3 aliphatic rings. The summed E-state index contributed by atoms with van der Waals surface area (Å²) in [6, 6.07) is 14.8. The first-order valence-corrected chi connectivity index (χ1v) is 15.4. The fraction of sp³-hybridized carbons (Fsp3) is 0.576. The summed E-state index contributed by atoms with van der Waals surface area (Å²) in [5.74, 6) is 2.20. The molecule has 230 valence electrons. The smallest absolute Gasteiger partial charge is 0.248 e. The Labute approximate surface area is 256 Å². The third-order valence-corrected chi connectivity index (χ3v) is 9.28. The lowest BCUT2D eigenvalue weighted by molar-refractivity contribution is -0.166. The van der Waals surface area contributed by atoms with E-state index in [1.54, 1.807) is 7.11 Å². The second-order valence-corrected chi connectivity index (χ2v) is 11.9. The summed E-state index contributed by atoms with van der Waals surface area (Å²) in [7, 11) is 1.64. The molecule has 2 atom stereocenters. The van der Waals surface area contributed by atoms with E-state index in [9.17, 15) is 14.7 Å². The number of aliphatic hydroxyl groups is 1. The van der Waals surface area contributed by atoms with E-state index in [1.165, 1.54) is 12.0 Å². The third kappa shape index (κ3) is 7.04. The number of unbranched alkanes of at least 4 members (excludes halogenated alkanes) is 1. The number of nitrogens with one attached hydrogen (secondary N) is 1. The average Bonchev–Trinajstić information content (AvgIpc) is 3.01. The molecule has 5 rings (SSSR count). The number of hydrogen-bond donors (Lipinski definition) is 2. The quantitative estimate of drug-likeness (QED) is 0.384. The maximum Gasteiger partial charge on any atom is 0.248 e. The molecule has 2 N–H and O–H groups in total. The SMILES string of the molecule is CCCCN1C(=O)[C@@H]([C@H](O)C2CCCCC2)NC(=O)C12CCN(Cc1ccc(Oc3ccc(OC)cc3)cc1)CC2.Cl. The molecule has 8 nitrogen and oxygen atoms in total. The van der Waals surface area contributed by atoms with Gasteiger partial charge in [0.25, 0.3) is 0 Å². The summed E-state index contributed by atoms with van der Waals surface area (Å²) in [5.41, 5.74) is 0.340. The van der Waals surface area contributed by atoms with E-state index >= 15 is 0 Å². The van der Waals surface area contributed by atoms with Crippen LogP contribution in [0, 0.1) is 5.92 Å². The van der Waals surface area contributed by atoms with Crippen molar-refractivity contribution in [3.8, 4) is 17.2 Å².